The van der Waals surface area contributed by atoms with Crippen molar-refractivity contribution in [2.45, 2.75) is 47.1 Å². The number of nitrogens with zero attached hydrogens (tertiary/aromatic N) is 1. The fraction of sp³-hybridized carbons (Fsp3) is 0.304. The second-order valence-electron chi connectivity index (χ2n) is 6.29. The van der Waals surface area contributed by atoms with Crippen molar-refractivity contribution in [1.82, 2.24) is 5.16 Å². The van der Waals surface area contributed by atoms with E-state index in [0.717, 1.165) is 17.0 Å². The van der Waals surface area contributed by atoms with E-state index in [2.05, 4.69) is 23.5 Å². The summed E-state index contributed by atoms with van der Waals surface area (Å²) in [5.74, 6) is 0.196. The zero-order valence-electron chi connectivity index (χ0n) is 18.0. The molecule has 5 nitrogen and oxygen atoms in total. The second-order valence-corrected chi connectivity index (χ2v) is 7.13. The molecule has 30 heavy (non-hydrogen) atoms. The lowest BCUT2D eigenvalue weighted by molar-refractivity contribution is 0.101. The number of hydrogen-bond acceptors (Lipinski definition) is 4. The first kappa shape index (κ1) is 25.7. The van der Waals surface area contributed by atoms with Gasteiger partial charge in [-0.2, -0.15) is 0 Å². The lowest BCUT2D eigenvalue weighted by atomic mass is 10.1. The van der Waals surface area contributed by atoms with E-state index < -0.39 is 0 Å². The summed E-state index contributed by atoms with van der Waals surface area (Å²) in [6.07, 6.45) is 1.06. The Morgan fingerprint density at radius 2 is 1.87 bits per heavy atom. The largest absolute Gasteiger partial charge is 0.361 e. The topological polar surface area (TPSA) is 81.2 Å². The summed E-state index contributed by atoms with van der Waals surface area (Å²) in [4.78, 5) is 11.9. The number of rotatable bonds is 4. The molecule has 0 aliphatic heterocycles. The number of nitrogens with one attached hydrogen (secondary N) is 1. The average molecular weight is 450 g/mol. The Kier molecular flexibility index (Phi) is 11.2. The Morgan fingerprint density at radius 3 is 2.37 bits per heavy atom. The first-order valence-electron chi connectivity index (χ1n) is 9.84. The third-order valence-electron chi connectivity index (χ3n) is 3.92. The van der Waals surface area contributed by atoms with Gasteiger partial charge < -0.3 is 15.6 Å². The van der Waals surface area contributed by atoms with E-state index in [1.54, 1.807) is 25.1 Å². The van der Waals surface area contributed by atoms with Gasteiger partial charge in [-0.15, -0.1) is 0 Å². The van der Waals surface area contributed by atoms with Crippen molar-refractivity contribution < 1.29 is 9.32 Å². The summed E-state index contributed by atoms with van der Waals surface area (Å²) in [6, 6.07) is 14.6. The van der Waals surface area contributed by atoms with E-state index in [1.165, 1.54) is 5.56 Å². The Labute approximate surface area is 188 Å². The van der Waals surface area contributed by atoms with Gasteiger partial charge in [-0.1, -0.05) is 67.3 Å². The smallest absolute Gasteiger partial charge is 0.277 e. The maximum absolute atomic E-state index is 11.9. The van der Waals surface area contributed by atoms with Gasteiger partial charge in [0.25, 0.3) is 5.91 Å². The maximum atomic E-state index is 11.9. The van der Waals surface area contributed by atoms with Crippen LogP contribution < -0.4 is 11.1 Å². The summed E-state index contributed by atoms with van der Waals surface area (Å²) >= 11 is 11.8. The van der Waals surface area contributed by atoms with Gasteiger partial charge in [-0.05, 0) is 55.7 Å². The quantitative estimate of drug-likeness (QED) is 0.456. The molecule has 162 valence electrons. The van der Waals surface area contributed by atoms with Gasteiger partial charge in [0, 0.05) is 17.1 Å². The van der Waals surface area contributed by atoms with E-state index in [1.807, 2.05) is 45.0 Å². The SMILES string of the molecule is CC.CCc1cccc(Cl)c1.Cc1cc(C(=O)Nc2cc(C(C)N)ccc2Cl)no1. The number of carbonyl (C=O) groups excluding carboxylic acids is 1. The lowest BCUT2D eigenvalue weighted by Crippen LogP contribution is -2.13. The number of aryl methyl sites for hydroxylation is 2. The third kappa shape index (κ3) is 8.19. The highest BCUT2D eigenvalue weighted by Crippen LogP contribution is 2.25. The average Bonchev–Trinajstić information content (AvgIpc) is 3.18. The van der Waals surface area contributed by atoms with Crippen LogP contribution in [0.1, 0.15) is 61.1 Å². The standard InChI is InChI=1S/C13H14ClN3O2.C8H9Cl.C2H6/c1-7-5-12(17-19-7)13(18)16-11-6-9(8(2)15)3-4-10(11)14;1-2-7-4-3-5-8(9)6-7;1-2/h3-6,8H,15H2,1-2H3,(H,16,18);3-6H,2H2,1H3;1-2H3. The van der Waals surface area contributed by atoms with Crippen molar-refractivity contribution in [3.05, 3.63) is 81.2 Å². The number of nitrogens with two attached hydrogens (primary N) is 1. The van der Waals surface area contributed by atoms with Gasteiger partial charge in [-0.3, -0.25) is 4.79 Å². The van der Waals surface area contributed by atoms with Crippen LogP contribution in [0.5, 0.6) is 0 Å². The van der Waals surface area contributed by atoms with Gasteiger partial charge in [0.15, 0.2) is 5.69 Å². The molecule has 3 rings (SSSR count). The molecule has 0 radical (unpaired) electrons. The Balaban J connectivity index is 0.000000342. The zero-order chi connectivity index (χ0) is 22.7. The number of benzene rings is 2. The molecule has 1 amide bonds. The Bertz CT molecular complexity index is 940. The van der Waals surface area contributed by atoms with Gasteiger partial charge in [0.1, 0.15) is 5.76 Å². The predicted octanol–water partition coefficient (Wildman–Crippen LogP) is 6.84. The molecule has 1 unspecified atom stereocenters. The van der Waals surface area contributed by atoms with Crippen molar-refractivity contribution in [3.8, 4) is 0 Å². The molecule has 2 aromatic carbocycles. The highest BCUT2D eigenvalue weighted by molar-refractivity contribution is 6.34. The molecule has 0 saturated heterocycles. The molecule has 7 heteroatoms. The summed E-state index contributed by atoms with van der Waals surface area (Å²) in [5, 5.41) is 7.60. The van der Waals surface area contributed by atoms with Crippen molar-refractivity contribution in [1.29, 1.82) is 0 Å². The molecule has 0 spiro atoms. The minimum atomic E-state index is -0.374. The fourth-order valence-corrected chi connectivity index (χ4v) is 2.72. The molecule has 0 saturated carbocycles. The van der Waals surface area contributed by atoms with Crippen molar-refractivity contribution in [2.24, 2.45) is 5.73 Å². The number of carbonyl (C=O) groups is 1. The fourth-order valence-electron chi connectivity index (χ4n) is 2.34. The highest BCUT2D eigenvalue weighted by atomic mass is 35.5. The normalized spacial score (nSPS) is 10.8. The molecular formula is C23H29Cl2N3O2. The van der Waals surface area contributed by atoms with E-state index >= 15 is 0 Å². The summed E-state index contributed by atoms with van der Waals surface area (Å²) in [6.45, 7) is 9.69. The molecule has 1 atom stereocenters. The summed E-state index contributed by atoms with van der Waals surface area (Å²) < 4.78 is 4.85. The van der Waals surface area contributed by atoms with E-state index in [-0.39, 0.29) is 17.6 Å². The summed E-state index contributed by atoms with van der Waals surface area (Å²) in [5.41, 5.74) is 8.68. The minimum absolute atomic E-state index is 0.137. The monoisotopic (exact) mass is 449 g/mol. The maximum Gasteiger partial charge on any atom is 0.277 e. The van der Waals surface area contributed by atoms with E-state index in [9.17, 15) is 4.79 Å². The lowest BCUT2D eigenvalue weighted by Gasteiger charge is -2.10. The van der Waals surface area contributed by atoms with Crippen LogP contribution >= 0.6 is 23.2 Å². The zero-order valence-corrected chi connectivity index (χ0v) is 19.5. The molecule has 1 aromatic heterocycles. The predicted molar refractivity (Wildman–Crippen MR) is 125 cm³/mol. The molecule has 3 aromatic rings. The molecule has 0 fully saturated rings. The molecule has 1 heterocycles. The van der Waals surface area contributed by atoms with Crippen LogP contribution in [0.3, 0.4) is 0 Å². The molecule has 0 aliphatic carbocycles. The van der Waals surface area contributed by atoms with Crippen LogP contribution in [-0.4, -0.2) is 11.1 Å². The molecule has 0 aliphatic rings. The highest BCUT2D eigenvalue weighted by Gasteiger charge is 2.13. The number of hydrogen-bond donors (Lipinski definition) is 2. The van der Waals surface area contributed by atoms with Crippen LogP contribution in [-0.2, 0) is 6.42 Å². The van der Waals surface area contributed by atoms with Crippen LogP contribution in [0, 0.1) is 6.92 Å². The summed E-state index contributed by atoms with van der Waals surface area (Å²) in [7, 11) is 0. The first-order valence-corrected chi connectivity index (χ1v) is 10.6. The van der Waals surface area contributed by atoms with Gasteiger partial charge in [0.05, 0.1) is 10.7 Å². The first-order chi connectivity index (χ1) is 14.3. The minimum Gasteiger partial charge on any atom is -0.361 e. The van der Waals surface area contributed by atoms with Crippen LogP contribution in [0.4, 0.5) is 5.69 Å². The second kappa shape index (κ2) is 13.1. The number of amides is 1. The van der Waals surface area contributed by atoms with E-state index in [0.29, 0.717) is 16.5 Å². The van der Waals surface area contributed by atoms with Crippen LogP contribution in [0.15, 0.2) is 53.1 Å². The number of aromatic nitrogens is 1. The molecule has 3 N–H and O–H groups in total. The Morgan fingerprint density at radius 1 is 1.17 bits per heavy atom. The van der Waals surface area contributed by atoms with Crippen molar-refractivity contribution >= 4 is 34.8 Å². The van der Waals surface area contributed by atoms with Gasteiger partial charge >= 0.3 is 0 Å². The van der Waals surface area contributed by atoms with Crippen molar-refractivity contribution in [3.63, 3.8) is 0 Å². The number of halogens is 2. The van der Waals surface area contributed by atoms with Crippen molar-refractivity contribution in [2.75, 3.05) is 5.32 Å². The van der Waals surface area contributed by atoms with Gasteiger partial charge in [0.2, 0.25) is 0 Å². The van der Waals surface area contributed by atoms with Crippen LogP contribution in [0.25, 0.3) is 0 Å². The van der Waals surface area contributed by atoms with Gasteiger partial charge in [-0.25, -0.2) is 0 Å². The molecular weight excluding hydrogens is 421 g/mol. The van der Waals surface area contributed by atoms with Crippen LogP contribution in [0.2, 0.25) is 10.0 Å². The third-order valence-corrected chi connectivity index (χ3v) is 4.49. The van der Waals surface area contributed by atoms with E-state index in [4.69, 9.17) is 33.5 Å². The Hall–Kier alpha value is -2.34. The molecule has 0 bridgehead atoms. The number of anilines is 1.